The fourth-order valence-electron chi connectivity index (χ4n) is 2.95. The smallest absolute Gasteiger partial charge is 0.262 e. The van der Waals surface area contributed by atoms with Crippen LogP contribution in [-0.2, 0) is 4.79 Å². The molecule has 3 rings (SSSR count). The number of ether oxygens (including phenoxy) is 2. The average Bonchev–Trinajstić information content (AvgIpc) is 2.78. The Morgan fingerprint density at radius 2 is 1.91 bits per heavy atom. The molecule has 0 aliphatic rings. The van der Waals surface area contributed by atoms with Gasteiger partial charge in [0.25, 0.3) is 5.91 Å². The van der Waals surface area contributed by atoms with Crippen molar-refractivity contribution in [3.8, 4) is 17.6 Å². The number of carbonyl (C=O) groups excluding carboxylic acids is 1. The highest BCUT2D eigenvalue weighted by Crippen LogP contribution is 2.38. The molecule has 0 unspecified atom stereocenters. The summed E-state index contributed by atoms with van der Waals surface area (Å²) in [6, 6.07) is 20.3. The van der Waals surface area contributed by atoms with Gasteiger partial charge in [0, 0.05) is 16.3 Å². The van der Waals surface area contributed by atoms with E-state index in [1.165, 1.54) is 7.11 Å². The molecule has 0 aliphatic carbocycles. The molecule has 0 heterocycles. The van der Waals surface area contributed by atoms with Gasteiger partial charge in [-0.25, -0.2) is 0 Å². The zero-order valence-corrected chi connectivity index (χ0v) is 19.8. The molecule has 3 aromatic rings. The number of nitriles is 1. The Hall–Kier alpha value is -3.27. The number of nitrogens with zero attached hydrogens (tertiary/aromatic N) is 1. The van der Waals surface area contributed by atoms with Gasteiger partial charge in [-0.15, -0.1) is 0 Å². The number of hydrogen-bond donors (Lipinski definition) is 1. The molecular weight excluding hydrogens is 492 g/mol. The lowest BCUT2D eigenvalue weighted by Crippen LogP contribution is -2.20. The van der Waals surface area contributed by atoms with Gasteiger partial charge < -0.3 is 14.8 Å². The highest BCUT2D eigenvalue weighted by atomic mass is 79.9. The minimum Gasteiger partial charge on any atom is -0.493 e. The molecule has 0 saturated carbocycles. The summed E-state index contributed by atoms with van der Waals surface area (Å²) in [5.41, 5.74) is 3.56. The monoisotopic (exact) mass is 510 g/mol. The number of nitrogens with one attached hydrogen (secondary N) is 1. The summed E-state index contributed by atoms with van der Waals surface area (Å²) in [5.74, 6) is 0.516. The van der Waals surface area contributed by atoms with Crippen LogP contribution in [0, 0.1) is 18.3 Å². The number of halogens is 2. The van der Waals surface area contributed by atoms with Crippen LogP contribution >= 0.6 is 27.5 Å². The molecule has 1 N–H and O–H groups in total. The first-order valence-corrected chi connectivity index (χ1v) is 10.8. The normalized spacial score (nSPS) is 10.9. The fourth-order valence-corrected chi connectivity index (χ4v) is 3.76. The van der Waals surface area contributed by atoms with E-state index in [0.717, 1.165) is 5.56 Å². The minimum atomic E-state index is -0.294. The summed E-state index contributed by atoms with van der Waals surface area (Å²) in [5, 5.41) is 12.9. The topological polar surface area (TPSA) is 71.3 Å². The maximum Gasteiger partial charge on any atom is 0.262 e. The Balaban J connectivity index is 1.79. The highest BCUT2D eigenvalue weighted by molar-refractivity contribution is 9.10. The molecule has 0 aliphatic heterocycles. The van der Waals surface area contributed by atoms with Crippen molar-refractivity contribution in [2.75, 3.05) is 19.0 Å². The SMILES string of the molecule is COc1cc(C=C(C#N)c2ccccc2Cl)cc(Br)c1OCC(=O)Nc1ccc(C)cc1. The summed E-state index contributed by atoms with van der Waals surface area (Å²) in [4.78, 5) is 12.3. The quantitative estimate of drug-likeness (QED) is 0.290. The second kappa shape index (κ2) is 10.9. The first-order chi connectivity index (χ1) is 15.4. The lowest BCUT2D eigenvalue weighted by molar-refractivity contribution is -0.118. The molecule has 0 aromatic heterocycles. The lowest BCUT2D eigenvalue weighted by Gasteiger charge is -2.14. The fraction of sp³-hybridized carbons (Fsp3) is 0.120. The van der Waals surface area contributed by atoms with E-state index in [2.05, 4.69) is 27.3 Å². The van der Waals surface area contributed by atoms with E-state index < -0.39 is 0 Å². The molecular formula is C25H20BrClN2O3. The van der Waals surface area contributed by atoms with Gasteiger partial charge >= 0.3 is 0 Å². The van der Waals surface area contributed by atoms with Crippen molar-refractivity contribution >= 4 is 50.8 Å². The number of benzene rings is 3. The molecule has 162 valence electrons. The number of carbonyl (C=O) groups is 1. The van der Waals surface area contributed by atoms with Gasteiger partial charge in [0.15, 0.2) is 18.1 Å². The van der Waals surface area contributed by atoms with E-state index in [1.807, 2.05) is 43.3 Å². The van der Waals surface area contributed by atoms with Crippen LogP contribution in [0.25, 0.3) is 11.6 Å². The zero-order valence-electron chi connectivity index (χ0n) is 17.5. The third-order valence-electron chi connectivity index (χ3n) is 4.53. The van der Waals surface area contributed by atoms with Crippen LogP contribution in [0.2, 0.25) is 5.02 Å². The number of amides is 1. The Kier molecular flexibility index (Phi) is 7.93. The molecule has 0 radical (unpaired) electrons. The summed E-state index contributed by atoms with van der Waals surface area (Å²) < 4.78 is 11.8. The standard InChI is InChI=1S/C25H20BrClN2O3/c1-16-7-9-19(10-8-16)29-24(30)15-32-25-21(26)12-17(13-23(25)31-2)11-18(14-28)20-5-3-4-6-22(20)27/h3-13H,15H2,1-2H3,(H,29,30). The van der Waals surface area contributed by atoms with Crippen molar-refractivity contribution in [1.29, 1.82) is 5.26 Å². The molecule has 3 aromatic carbocycles. The Morgan fingerprint density at radius 3 is 2.56 bits per heavy atom. The molecule has 0 spiro atoms. The maximum atomic E-state index is 12.3. The third kappa shape index (κ3) is 5.91. The average molecular weight is 512 g/mol. The first-order valence-electron chi connectivity index (χ1n) is 9.65. The zero-order chi connectivity index (χ0) is 23.1. The molecule has 0 fully saturated rings. The molecule has 7 heteroatoms. The van der Waals surface area contributed by atoms with E-state index in [1.54, 1.807) is 30.3 Å². The summed E-state index contributed by atoms with van der Waals surface area (Å²) >= 11 is 9.70. The Labute approximate surface area is 200 Å². The number of anilines is 1. The van der Waals surface area contributed by atoms with Gasteiger partial charge in [-0.3, -0.25) is 4.79 Å². The number of aryl methyl sites for hydroxylation is 1. The van der Waals surface area contributed by atoms with Crippen LogP contribution in [0.5, 0.6) is 11.5 Å². The van der Waals surface area contributed by atoms with E-state index in [4.69, 9.17) is 21.1 Å². The summed E-state index contributed by atoms with van der Waals surface area (Å²) in [6.07, 6.45) is 1.71. The second-order valence-corrected chi connectivity index (χ2v) is 8.15. The van der Waals surface area contributed by atoms with Gasteiger partial charge in [-0.2, -0.15) is 5.26 Å². The minimum absolute atomic E-state index is 0.193. The molecule has 0 atom stereocenters. The molecule has 32 heavy (non-hydrogen) atoms. The van der Waals surface area contributed by atoms with Gasteiger partial charge in [-0.05, 0) is 64.8 Å². The van der Waals surface area contributed by atoms with E-state index in [0.29, 0.717) is 43.4 Å². The first kappa shape index (κ1) is 23.4. The number of rotatable bonds is 7. The molecule has 0 bridgehead atoms. The Morgan fingerprint density at radius 1 is 1.19 bits per heavy atom. The van der Waals surface area contributed by atoms with E-state index in [-0.39, 0.29) is 12.5 Å². The predicted octanol–water partition coefficient (Wildman–Crippen LogP) is 6.50. The second-order valence-electron chi connectivity index (χ2n) is 6.89. The van der Waals surface area contributed by atoms with Gasteiger partial charge in [-0.1, -0.05) is 47.5 Å². The van der Waals surface area contributed by atoms with E-state index in [9.17, 15) is 10.1 Å². The van der Waals surface area contributed by atoms with Crippen molar-refractivity contribution in [2.24, 2.45) is 0 Å². The number of hydrogen-bond acceptors (Lipinski definition) is 4. The predicted molar refractivity (Wildman–Crippen MR) is 131 cm³/mol. The van der Waals surface area contributed by atoms with Crippen LogP contribution < -0.4 is 14.8 Å². The maximum absolute atomic E-state index is 12.3. The van der Waals surface area contributed by atoms with Crippen LogP contribution in [0.4, 0.5) is 5.69 Å². The van der Waals surface area contributed by atoms with Crippen molar-refractivity contribution in [3.63, 3.8) is 0 Å². The van der Waals surface area contributed by atoms with Crippen molar-refractivity contribution in [2.45, 2.75) is 6.92 Å². The van der Waals surface area contributed by atoms with Crippen molar-refractivity contribution in [1.82, 2.24) is 0 Å². The number of allylic oxidation sites excluding steroid dienone is 1. The van der Waals surface area contributed by atoms with Crippen LogP contribution in [-0.4, -0.2) is 19.6 Å². The summed E-state index contributed by atoms with van der Waals surface area (Å²) in [7, 11) is 1.51. The summed E-state index contributed by atoms with van der Waals surface area (Å²) in [6.45, 7) is 1.78. The Bertz CT molecular complexity index is 1200. The van der Waals surface area contributed by atoms with Crippen molar-refractivity contribution < 1.29 is 14.3 Å². The van der Waals surface area contributed by atoms with Crippen LogP contribution in [0.3, 0.4) is 0 Å². The third-order valence-corrected chi connectivity index (χ3v) is 5.45. The van der Waals surface area contributed by atoms with Gasteiger partial charge in [0.05, 0.1) is 23.2 Å². The van der Waals surface area contributed by atoms with E-state index >= 15 is 0 Å². The lowest BCUT2D eigenvalue weighted by atomic mass is 10.0. The molecule has 1 amide bonds. The van der Waals surface area contributed by atoms with Gasteiger partial charge in [0.1, 0.15) is 0 Å². The van der Waals surface area contributed by atoms with Crippen LogP contribution in [0.1, 0.15) is 16.7 Å². The van der Waals surface area contributed by atoms with Gasteiger partial charge in [0.2, 0.25) is 0 Å². The molecule has 0 saturated heterocycles. The van der Waals surface area contributed by atoms with Crippen LogP contribution in [0.15, 0.2) is 65.1 Å². The highest BCUT2D eigenvalue weighted by Gasteiger charge is 2.14. The largest absolute Gasteiger partial charge is 0.493 e. The number of methoxy groups -OCH3 is 1. The van der Waals surface area contributed by atoms with Crippen molar-refractivity contribution in [3.05, 3.63) is 86.8 Å². The molecule has 5 nitrogen and oxygen atoms in total.